The van der Waals surface area contributed by atoms with Gasteiger partial charge in [0.15, 0.2) is 17.4 Å². The average molecular weight is 405 g/mol. The van der Waals surface area contributed by atoms with E-state index in [-0.39, 0.29) is 5.82 Å². The summed E-state index contributed by atoms with van der Waals surface area (Å²) in [4.78, 5) is 4.17. The van der Waals surface area contributed by atoms with E-state index in [1.807, 2.05) is 28.8 Å². The number of rotatable bonds is 5. The van der Waals surface area contributed by atoms with Crippen molar-refractivity contribution in [2.45, 2.75) is 13.0 Å². The number of hydrogen-bond acceptors (Lipinski definition) is 3. The number of halogens is 2. The molecule has 0 saturated carbocycles. The standard InChI is InChI=1S/C17H18BrFN6/c1-20-17(21-8-7-12-10-13(18)5-6-14(12)19)22-11-16-24-23-15-4-2-3-9-25(15)16/h2-6,9-10H,7-8,11H2,1H3,(H2,20,21,22). The minimum absolute atomic E-state index is 0.206. The summed E-state index contributed by atoms with van der Waals surface area (Å²) in [5.74, 6) is 1.21. The molecule has 0 spiro atoms. The Kier molecular flexibility index (Phi) is 5.60. The van der Waals surface area contributed by atoms with Gasteiger partial charge in [-0.25, -0.2) is 4.39 Å². The van der Waals surface area contributed by atoms with E-state index in [0.717, 1.165) is 15.9 Å². The van der Waals surface area contributed by atoms with Gasteiger partial charge >= 0.3 is 0 Å². The monoisotopic (exact) mass is 404 g/mol. The molecule has 0 amide bonds. The molecule has 0 aliphatic carbocycles. The van der Waals surface area contributed by atoms with Gasteiger partial charge in [-0.15, -0.1) is 10.2 Å². The Labute approximate surface area is 153 Å². The highest BCUT2D eigenvalue weighted by molar-refractivity contribution is 9.10. The zero-order chi connectivity index (χ0) is 17.6. The third-order valence-electron chi connectivity index (χ3n) is 3.72. The van der Waals surface area contributed by atoms with E-state index < -0.39 is 0 Å². The lowest BCUT2D eigenvalue weighted by Gasteiger charge is -2.11. The van der Waals surface area contributed by atoms with Crippen LogP contribution in [0.25, 0.3) is 5.65 Å². The summed E-state index contributed by atoms with van der Waals surface area (Å²) in [7, 11) is 1.69. The Morgan fingerprint density at radius 2 is 2.12 bits per heavy atom. The van der Waals surface area contributed by atoms with Crippen LogP contribution in [0, 0.1) is 5.82 Å². The lowest BCUT2D eigenvalue weighted by molar-refractivity contribution is 0.606. The number of aromatic nitrogens is 3. The molecule has 0 fully saturated rings. The van der Waals surface area contributed by atoms with Crippen LogP contribution in [0.1, 0.15) is 11.4 Å². The number of nitrogens with zero attached hydrogens (tertiary/aromatic N) is 4. The van der Waals surface area contributed by atoms with Crippen molar-refractivity contribution in [3.63, 3.8) is 0 Å². The number of benzene rings is 1. The number of aliphatic imine (C=N–C) groups is 1. The molecule has 0 atom stereocenters. The summed E-state index contributed by atoms with van der Waals surface area (Å²) in [6, 6.07) is 10.7. The lowest BCUT2D eigenvalue weighted by Crippen LogP contribution is -2.38. The summed E-state index contributed by atoms with van der Waals surface area (Å²) < 4.78 is 16.5. The number of hydrogen-bond donors (Lipinski definition) is 2. The fourth-order valence-electron chi connectivity index (χ4n) is 2.45. The minimum Gasteiger partial charge on any atom is -0.356 e. The van der Waals surface area contributed by atoms with Gasteiger partial charge in [0.05, 0.1) is 6.54 Å². The first-order valence-corrected chi connectivity index (χ1v) is 8.64. The topological polar surface area (TPSA) is 66.6 Å². The second kappa shape index (κ2) is 8.06. The van der Waals surface area contributed by atoms with Crippen LogP contribution in [0.5, 0.6) is 0 Å². The maximum Gasteiger partial charge on any atom is 0.191 e. The highest BCUT2D eigenvalue weighted by atomic mass is 79.9. The van der Waals surface area contributed by atoms with Gasteiger partial charge in [-0.05, 0) is 42.3 Å². The Hall–Kier alpha value is -2.48. The van der Waals surface area contributed by atoms with Gasteiger partial charge < -0.3 is 10.6 Å². The highest BCUT2D eigenvalue weighted by Gasteiger charge is 2.06. The van der Waals surface area contributed by atoms with Crippen molar-refractivity contribution in [2.24, 2.45) is 4.99 Å². The molecule has 0 aliphatic rings. The summed E-state index contributed by atoms with van der Waals surface area (Å²) in [5.41, 5.74) is 1.45. The van der Waals surface area contributed by atoms with Gasteiger partial charge in [0.25, 0.3) is 0 Å². The molecular formula is C17H18BrFN6. The normalized spacial score (nSPS) is 11.7. The molecule has 2 aromatic heterocycles. The van der Waals surface area contributed by atoms with E-state index in [9.17, 15) is 4.39 Å². The van der Waals surface area contributed by atoms with E-state index in [0.29, 0.717) is 31.0 Å². The van der Waals surface area contributed by atoms with E-state index in [1.54, 1.807) is 19.2 Å². The highest BCUT2D eigenvalue weighted by Crippen LogP contribution is 2.15. The van der Waals surface area contributed by atoms with Crippen molar-refractivity contribution < 1.29 is 4.39 Å². The molecule has 0 bridgehead atoms. The zero-order valence-corrected chi connectivity index (χ0v) is 15.3. The molecule has 0 saturated heterocycles. The van der Waals surface area contributed by atoms with Crippen molar-refractivity contribution in [1.82, 2.24) is 25.2 Å². The van der Waals surface area contributed by atoms with E-state index >= 15 is 0 Å². The Morgan fingerprint density at radius 3 is 2.96 bits per heavy atom. The quantitative estimate of drug-likeness (QED) is 0.506. The molecular weight excluding hydrogens is 387 g/mol. The van der Waals surface area contributed by atoms with Crippen LogP contribution >= 0.6 is 15.9 Å². The van der Waals surface area contributed by atoms with Gasteiger partial charge in [-0.1, -0.05) is 22.0 Å². The Morgan fingerprint density at radius 1 is 1.24 bits per heavy atom. The number of guanidine groups is 1. The number of pyridine rings is 1. The van der Waals surface area contributed by atoms with Crippen LogP contribution in [-0.4, -0.2) is 34.2 Å². The molecule has 3 aromatic rings. The maximum absolute atomic E-state index is 13.7. The maximum atomic E-state index is 13.7. The van der Waals surface area contributed by atoms with Crippen LogP contribution in [0.2, 0.25) is 0 Å². The predicted molar refractivity (Wildman–Crippen MR) is 99.0 cm³/mol. The van der Waals surface area contributed by atoms with Crippen LogP contribution in [0.15, 0.2) is 52.1 Å². The molecule has 0 unspecified atom stereocenters. The van der Waals surface area contributed by atoms with E-state index in [4.69, 9.17) is 0 Å². The smallest absolute Gasteiger partial charge is 0.191 e. The van der Waals surface area contributed by atoms with Crippen LogP contribution in [-0.2, 0) is 13.0 Å². The van der Waals surface area contributed by atoms with Crippen molar-refractivity contribution in [1.29, 1.82) is 0 Å². The van der Waals surface area contributed by atoms with Crippen molar-refractivity contribution >= 4 is 27.5 Å². The van der Waals surface area contributed by atoms with Gasteiger partial charge in [-0.2, -0.15) is 0 Å². The SMILES string of the molecule is CN=C(NCCc1cc(Br)ccc1F)NCc1nnc2ccccn12. The second-order valence-corrected chi connectivity index (χ2v) is 6.30. The molecule has 8 heteroatoms. The third-order valence-corrected chi connectivity index (χ3v) is 4.21. The lowest BCUT2D eigenvalue weighted by atomic mass is 10.1. The van der Waals surface area contributed by atoms with Crippen molar-refractivity contribution in [2.75, 3.05) is 13.6 Å². The molecule has 0 aliphatic heterocycles. The molecule has 0 radical (unpaired) electrons. The second-order valence-electron chi connectivity index (χ2n) is 5.38. The molecule has 3 rings (SSSR count). The summed E-state index contributed by atoms with van der Waals surface area (Å²) in [6.07, 6.45) is 2.47. The number of fused-ring (bicyclic) bond motifs is 1. The molecule has 130 valence electrons. The molecule has 2 N–H and O–H groups in total. The molecule has 25 heavy (non-hydrogen) atoms. The van der Waals surface area contributed by atoms with Gasteiger partial charge in [0.1, 0.15) is 5.82 Å². The fourth-order valence-corrected chi connectivity index (χ4v) is 2.85. The number of nitrogens with one attached hydrogen (secondary N) is 2. The first-order valence-electron chi connectivity index (χ1n) is 7.84. The first kappa shape index (κ1) is 17.3. The van der Waals surface area contributed by atoms with Gasteiger partial charge in [-0.3, -0.25) is 9.39 Å². The van der Waals surface area contributed by atoms with Gasteiger partial charge in [0.2, 0.25) is 0 Å². The molecule has 6 nitrogen and oxygen atoms in total. The Balaban J connectivity index is 1.54. The molecule has 2 heterocycles. The van der Waals surface area contributed by atoms with Crippen LogP contribution in [0.3, 0.4) is 0 Å². The fraction of sp³-hybridized carbons (Fsp3) is 0.235. The van der Waals surface area contributed by atoms with Crippen LogP contribution < -0.4 is 10.6 Å². The zero-order valence-electron chi connectivity index (χ0n) is 13.7. The minimum atomic E-state index is -0.206. The Bertz CT molecular complexity index is 892. The first-order chi connectivity index (χ1) is 12.2. The van der Waals surface area contributed by atoms with E-state index in [1.165, 1.54) is 6.07 Å². The average Bonchev–Trinajstić information content (AvgIpc) is 3.04. The van der Waals surface area contributed by atoms with E-state index in [2.05, 4.69) is 41.8 Å². The summed E-state index contributed by atoms with van der Waals surface area (Å²) in [6.45, 7) is 1.05. The third kappa shape index (κ3) is 4.33. The summed E-state index contributed by atoms with van der Waals surface area (Å²) >= 11 is 3.36. The van der Waals surface area contributed by atoms with Crippen molar-refractivity contribution in [3.8, 4) is 0 Å². The van der Waals surface area contributed by atoms with Gasteiger partial charge in [0, 0.05) is 24.3 Å². The summed E-state index contributed by atoms with van der Waals surface area (Å²) in [5, 5.41) is 14.6. The largest absolute Gasteiger partial charge is 0.356 e. The molecule has 1 aromatic carbocycles. The van der Waals surface area contributed by atoms with Crippen LogP contribution in [0.4, 0.5) is 4.39 Å². The predicted octanol–water partition coefficient (Wildman–Crippen LogP) is 2.54. The van der Waals surface area contributed by atoms with Crippen molar-refractivity contribution in [3.05, 3.63) is 64.3 Å².